The van der Waals surface area contributed by atoms with Crippen molar-refractivity contribution >= 4 is 20.2 Å². The average molecular weight is 563 g/mol. The van der Waals surface area contributed by atoms with E-state index in [9.17, 15) is 25.9 Å². The summed E-state index contributed by atoms with van der Waals surface area (Å²) in [4.78, 5) is -0.694. The van der Waals surface area contributed by atoms with Crippen LogP contribution in [-0.2, 0) is 61.3 Å². The normalized spacial score (nSPS) is 11.3. The quantitative estimate of drug-likeness (QED) is 0.270. The second kappa shape index (κ2) is 13.0. The predicted molar refractivity (Wildman–Crippen MR) is 140 cm³/mol. The van der Waals surface area contributed by atoms with Crippen LogP contribution in [0.3, 0.4) is 0 Å². The second-order valence-electron chi connectivity index (χ2n) is 8.54. The Labute approximate surface area is 224 Å². The molecule has 2 aromatic heterocycles. The molecule has 0 fully saturated rings. The van der Waals surface area contributed by atoms with Crippen molar-refractivity contribution < 1.29 is 35.1 Å². The molecule has 2 aromatic carbocycles. The Morgan fingerprint density at radius 3 is 1.08 bits per heavy atom. The van der Waals surface area contributed by atoms with E-state index in [4.69, 9.17) is 0 Å². The number of benzene rings is 2. The number of hydrogen-bond donors (Lipinski definition) is 0. The molecule has 0 saturated heterocycles. The van der Waals surface area contributed by atoms with E-state index in [0.717, 1.165) is 37.1 Å². The van der Waals surface area contributed by atoms with Gasteiger partial charge in [-0.2, -0.15) is 0 Å². The van der Waals surface area contributed by atoms with E-state index in [1.807, 2.05) is 0 Å². The van der Waals surface area contributed by atoms with Gasteiger partial charge in [0.2, 0.25) is 0 Å². The molecule has 0 unspecified atom stereocenters. The first-order chi connectivity index (χ1) is 17.7. The van der Waals surface area contributed by atoms with Crippen LogP contribution in [0, 0.1) is 0 Å². The minimum Gasteiger partial charge on any atom is -0.744 e. The Bertz CT molecular complexity index is 1400. The second-order valence-corrected chi connectivity index (χ2v) is 11.3. The highest BCUT2D eigenvalue weighted by atomic mass is 32.2. The number of rotatable bonds is 5. The summed E-state index contributed by atoms with van der Waals surface area (Å²) < 4.78 is 73.2. The van der Waals surface area contributed by atoms with E-state index >= 15 is 0 Å². The fraction of sp³-hybridized carbons (Fsp3) is 0.308. The van der Waals surface area contributed by atoms with Crippen LogP contribution < -0.4 is 9.13 Å². The average Bonchev–Trinajstić information content (AvgIpc) is 3.37. The van der Waals surface area contributed by atoms with Gasteiger partial charge in [-0.05, 0) is 35.4 Å². The van der Waals surface area contributed by atoms with E-state index in [1.54, 1.807) is 0 Å². The molecule has 0 amide bonds. The summed E-state index contributed by atoms with van der Waals surface area (Å²) in [6.07, 6.45) is 10.5. The molecule has 0 aliphatic rings. The zero-order valence-electron chi connectivity index (χ0n) is 22.4. The highest BCUT2D eigenvalue weighted by Gasteiger charge is 2.07. The Balaban J connectivity index is 0.000000232. The van der Waals surface area contributed by atoms with Crippen molar-refractivity contribution in [3.8, 4) is 11.1 Å². The SMILES string of the molecule is CCc1n(C)cc[n+]1C.CCc1n(C)cc[n+]1C.O=S(=O)([O-])c1ccc(-c2ccc(S(=O)(=O)[O-])cc2)cc1. The fourth-order valence-electron chi connectivity index (χ4n) is 3.87. The van der Waals surface area contributed by atoms with Crippen LogP contribution in [0.5, 0.6) is 0 Å². The van der Waals surface area contributed by atoms with Gasteiger partial charge in [-0.25, -0.2) is 35.1 Å². The van der Waals surface area contributed by atoms with Gasteiger partial charge >= 0.3 is 0 Å². The minimum atomic E-state index is -4.50. The molecule has 0 spiro atoms. The number of nitrogens with zero attached hydrogens (tertiary/aromatic N) is 4. The molecule has 4 aromatic rings. The van der Waals surface area contributed by atoms with Crippen molar-refractivity contribution in [1.82, 2.24) is 9.13 Å². The summed E-state index contributed by atoms with van der Waals surface area (Å²) in [6.45, 7) is 4.32. The lowest BCUT2D eigenvalue weighted by molar-refractivity contribution is -0.678. The monoisotopic (exact) mass is 562 g/mol. The Morgan fingerprint density at radius 1 is 0.632 bits per heavy atom. The van der Waals surface area contributed by atoms with Crippen LogP contribution in [-0.4, -0.2) is 35.1 Å². The fourth-order valence-corrected chi connectivity index (χ4v) is 4.81. The maximum atomic E-state index is 10.8. The van der Waals surface area contributed by atoms with Crippen molar-refractivity contribution in [1.29, 1.82) is 0 Å². The third-order valence-electron chi connectivity index (χ3n) is 5.91. The molecule has 206 valence electrons. The molecule has 0 aliphatic heterocycles. The molecular formula is C26H34N4O6S2. The van der Waals surface area contributed by atoms with Gasteiger partial charge in [0.05, 0.1) is 38.0 Å². The largest absolute Gasteiger partial charge is 0.744 e. The van der Waals surface area contributed by atoms with Crippen LogP contribution in [0.4, 0.5) is 0 Å². The van der Waals surface area contributed by atoms with Crippen molar-refractivity contribution in [2.24, 2.45) is 28.2 Å². The summed E-state index contributed by atoms with van der Waals surface area (Å²) in [5.41, 5.74) is 1.18. The molecule has 0 bridgehead atoms. The van der Waals surface area contributed by atoms with Crippen LogP contribution in [0.2, 0.25) is 0 Å². The van der Waals surface area contributed by atoms with Gasteiger partial charge in [0, 0.05) is 12.8 Å². The van der Waals surface area contributed by atoms with E-state index < -0.39 is 20.2 Å². The highest BCUT2D eigenvalue weighted by Crippen LogP contribution is 2.22. The molecule has 38 heavy (non-hydrogen) atoms. The van der Waals surface area contributed by atoms with Gasteiger partial charge < -0.3 is 9.11 Å². The third kappa shape index (κ3) is 8.35. The van der Waals surface area contributed by atoms with Crippen LogP contribution in [0.25, 0.3) is 11.1 Å². The van der Waals surface area contributed by atoms with E-state index in [0.29, 0.717) is 11.1 Å². The molecule has 0 atom stereocenters. The number of hydrogen-bond acceptors (Lipinski definition) is 6. The molecule has 12 heteroatoms. The molecule has 4 rings (SSSR count). The first-order valence-corrected chi connectivity index (χ1v) is 14.6. The standard InChI is InChI=1S/C12H10O6S2.2C7H13N2/c13-19(14,15)11-5-1-9(2-6-11)10-3-7-12(8-4-10)20(16,17)18;2*1-4-7-8(2)5-6-9(7)3/h1-8H,(H,13,14,15)(H,16,17,18);2*5-6H,4H2,1-3H3/q;2*+1/p-2. The Kier molecular flexibility index (Phi) is 10.5. The zero-order valence-corrected chi connectivity index (χ0v) is 24.0. The Morgan fingerprint density at radius 2 is 0.921 bits per heavy atom. The van der Waals surface area contributed by atoms with Gasteiger partial charge in [-0.1, -0.05) is 38.1 Å². The van der Waals surface area contributed by atoms with E-state index in [2.05, 4.69) is 85.1 Å². The highest BCUT2D eigenvalue weighted by molar-refractivity contribution is 7.86. The first-order valence-electron chi connectivity index (χ1n) is 11.8. The van der Waals surface area contributed by atoms with Gasteiger partial charge in [0.25, 0.3) is 11.6 Å². The van der Waals surface area contributed by atoms with Crippen LogP contribution in [0.15, 0.2) is 83.1 Å². The maximum absolute atomic E-state index is 10.8. The van der Waals surface area contributed by atoms with E-state index in [1.165, 1.54) is 35.9 Å². The molecule has 0 radical (unpaired) electrons. The molecule has 0 aliphatic carbocycles. The smallest absolute Gasteiger partial charge is 0.255 e. The van der Waals surface area contributed by atoms with Crippen molar-refractivity contribution in [2.45, 2.75) is 36.5 Å². The van der Waals surface area contributed by atoms with Gasteiger partial charge in [0.1, 0.15) is 45.0 Å². The van der Waals surface area contributed by atoms with Crippen molar-refractivity contribution in [2.75, 3.05) is 0 Å². The predicted octanol–water partition coefficient (Wildman–Crippen LogP) is 1.99. The van der Waals surface area contributed by atoms with Crippen LogP contribution in [0.1, 0.15) is 25.5 Å². The number of imidazole rings is 2. The lowest BCUT2D eigenvalue weighted by Gasteiger charge is -2.09. The lowest BCUT2D eigenvalue weighted by Crippen LogP contribution is -2.31. The van der Waals surface area contributed by atoms with Crippen molar-refractivity contribution in [3.05, 3.63) is 85.0 Å². The van der Waals surface area contributed by atoms with E-state index in [-0.39, 0.29) is 9.79 Å². The van der Waals surface area contributed by atoms with Gasteiger partial charge in [-0.3, -0.25) is 0 Å². The van der Waals surface area contributed by atoms with Gasteiger partial charge in [-0.15, -0.1) is 0 Å². The first kappa shape index (κ1) is 30.9. The summed E-state index contributed by atoms with van der Waals surface area (Å²) in [5.74, 6) is 2.71. The third-order valence-corrected chi connectivity index (χ3v) is 7.61. The summed E-state index contributed by atoms with van der Waals surface area (Å²) in [6, 6.07) is 10.3. The molecule has 0 N–H and O–H groups in total. The molecular weight excluding hydrogens is 528 g/mol. The topological polar surface area (TPSA) is 132 Å². The molecule has 2 heterocycles. The Hall–Kier alpha value is -3.32. The summed E-state index contributed by atoms with van der Waals surface area (Å²) in [5, 5.41) is 0. The summed E-state index contributed by atoms with van der Waals surface area (Å²) in [7, 11) is -0.724. The molecule has 10 nitrogen and oxygen atoms in total. The maximum Gasteiger partial charge on any atom is 0.255 e. The molecule has 0 saturated carbocycles. The lowest BCUT2D eigenvalue weighted by atomic mass is 10.1. The zero-order chi connectivity index (χ0) is 28.7. The van der Waals surface area contributed by atoms with Crippen LogP contribution >= 0.6 is 0 Å². The number of aromatic nitrogens is 4. The minimum absolute atomic E-state index is 0.347. The number of aryl methyl sites for hydroxylation is 4. The van der Waals surface area contributed by atoms with Crippen molar-refractivity contribution in [3.63, 3.8) is 0 Å². The summed E-state index contributed by atoms with van der Waals surface area (Å²) >= 11 is 0. The van der Waals surface area contributed by atoms with Gasteiger partial charge in [0.15, 0.2) is 0 Å².